The number of benzene rings is 2. The highest BCUT2D eigenvalue weighted by Gasteiger charge is 2.07. The van der Waals surface area contributed by atoms with E-state index in [2.05, 4.69) is 15.6 Å². The van der Waals surface area contributed by atoms with Gasteiger partial charge in [-0.15, -0.1) is 0 Å². The third kappa shape index (κ3) is 5.41. The van der Waals surface area contributed by atoms with E-state index in [9.17, 15) is 14.7 Å². The molecule has 6 heteroatoms. The third-order valence-corrected chi connectivity index (χ3v) is 4.23. The minimum absolute atomic E-state index is 0.102. The number of aryl methyl sites for hydroxylation is 1. The number of hydrogen-bond donors (Lipinski definition) is 3. The Kier molecular flexibility index (Phi) is 6.36. The molecule has 3 rings (SSSR count). The molecule has 0 atom stereocenters. The average Bonchev–Trinajstić information content (AvgIpc) is 2.72. The zero-order valence-electron chi connectivity index (χ0n) is 15.3. The van der Waals surface area contributed by atoms with Gasteiger partial charge >= 0.3 is 0 Å². The van der Waals surface area contributed by atoms with Gasteiger partial charge in [0.2, 0.25) is 5.91 Å². The van der Waals surface area contributed by atoms with Gasteiger partial charge in [0.25, 0.3) is 5.91 Å². The maximum absolute atomic E-state index is 12.2. The molecule has 0 bridgehead atoms. The van der Waals surface area contributed by atoms with Crippen LogP contribution in [0.3, 0.4) is 0 Å². The molecule has 1 heterocycles. The van der Waals surface area contributed by atoms with Crippen LogP contribution in [0, 0.1) is 0 Å². The zero-order chi connectivity index (χ0) is 19.8. The monoisotopic (exact) mass is 375 g/mol. The molecule has 2 amide bonds. The van der Waals surface area contributed by atoms with Gasteiger partial charge in [-0.2, -0.15) is 0 Å². The first-order chi connectivity index (χ1) is 13.6. The number of rotatable bonds is 7. The Balaban J connectivity index is 1.51. The summed E-state index contributed by atoms with van der Waals surface area (Å²) in [5, 5.41) is 15.4. The normalized spacial score (nSPS) is 10.3. The van der Waals surface area contributed by atoms with Crippen molar-refractivity contribution in [3.63, 3.8) is 0 Å². The highest BCUT2D eigenvalue weighted by atomic mass is 16.3. The molecular weight excluding hydrogens is 354 g/mol. The number of aromatic hydroxyl groups is 1. The number of para-hydroxylation sites is 1. The van der Waals surface area contributed by atoms with Gasteiger partial charge in [-0.3, -0.25) is 14.6 Å². The van der Waals surface area contributed by atoms with Crippen molar-refractivity contribution in [2.24, 2.45) is 0 Å². The number of carbonyl (C=O) groups excluding carboxylic acids is 2. The lowest BCUT2D eigenvalue weighted by molar-refractivity contribution is -0.121. The second kappa shape index (κ2) is 9.32. The van der Waals surface area contributed by atoms with Gasteiger partial charge in [-0.05, 0) is 47.9 Å². The molecule has 0 aliphatic carbocycles. The Bertz CT molecular complexity index is 958. The number of phenolic OH excluding ortho intramolecular Hbond substituents is 1. The summed E-state index contributed by atoms with van der Waals surface area (Å²) < 4.78 is 0. The SMILES string of the molecule is O=C(CCc1ccccc1O)NCc1cccc(NC(=O)c2ccncc2)c1. The molecule has 142 valence electrons. The fraction of sp³-hybridized carbons (Fsp3) is 0.136. The predicted octanol–water partition coefficient (Wildman–Crippen LogP) is 3.29. The van der Waals surface area contributed by atoms with E-state index in [1.54, 1.807) is 48.8 Å². The van der Waals surface area contributed by atoms with Gasteiger partial charge in [0.05, 0.1) is 0 Å². The molecule has 0 aliphatic rings. The molecule has 0 aliphatic heterocycles. The van der Waals surface area contributed by atoms with E-state index >= 15 is 0 Å². The number of pyridine rings is 1. The maximum atomic E-state index is 12.2. The number of nitrogens with zero attached hydrogens (tertiary/aromatic N) is 1. The van der Waals surface area contributed by atoms with Gasteiger partial charge in [0.15, 0.2) is 0 Å². The van der Waals surface area contributed by atoms with Gasteiger partial charge in [-0.1, -0.05) is 30.3 Å². The number of anilines is 1. The fourth-order valence-electron chi connectivity index (χ4n) is 2.73. The Labute approximate surface area is 163 Å². The van der Waals surface area contributed by atoms with Gasteiger partial charge in [0, 0.05) is 36.6 Å². The van der Waals surface area contributed by atoms with E-state index in [1.165, 1.54) is 0 Å². The first kappa shape index (κ1) is 19.1. The summed E-state index contributed by atoms with van der Waals surface area (Å²) in [5.41, 5.74) is 2.81. The van der Waals surface area contributed by atoms with E-state index < -0.39 is 0 Å². The highest BCUT2D eigenvalue weighted by molar-refractivity contribution is 6.04. The van der Waals surface area contributed by atoms with Crippen LogP contribution in [0.25, 0.3) is 0 Å². The van der Waals surface area contributed by atoms with Crippen LogP contribution in [0.15, 0.2) is 73.1 Å². The lowest BCUT2D eigenvalue weighted by Crippen LogP contribution is -2.23. The maximum Gasteiger partial charge on any atom is 0.255 e. The zero-order valence-corrected chi connectivity index (χ0v) is 15.3. The van der Waals surface area contributed by atoms with Crippen LogP contribution in [0.1, 0.15) is 27.9 Å². The largest absolute Gasteiger partial charge is 0.508 e. The Morgan fingerprint density at radius 3 is 2.54 bits per heavy atom. The van der Waals surface area contributed by atoms with Crippen molar-refractivity contribution in [1.29, 1.82) is 0 Å². The summed E-state index contributed by atoms with van der Waals surface area (Å²) in [6.45, 7) is 0.360. The Morgan fingerprint density at radius 2 is 1.75 bits per heavy atom. The summed E-state index contributed by atoms with van der Waals surface area (Å²) in [6, 6.07) is 17.6. The lowest BCUT2D eigenvalue weighted by atomic mass is 10.1. The molecule has 0 spiro atoms. The second-order valence-electron chi connectivity index (χ2n) is 6.30. The number of amides is 2. The molecule has 0 unspecified atom stereocenters. The van der Waals surface area contributed by atoms with Crippen LogP contribution in [0.4, 0.5) is 5.69 Å². The summed E-state index contributed by atoms with van der Waals surface area (Å²) >= 11 is 0. The minimum atomic E-state index is -0.216. The van der Waals surface area contributed by atoms with Crippen molar-refractivity contribution < 1.29 is 14.7 Å². The molecule has 2 aromatic carbocycles. The second-order valence-corrected chi connectivity index (χ2v) is 6.30. The summed E-state index contributed by atoms with van der Waals surface area (Å²) in [5.74, 6) is -0.117. The number of phenols is 1. The van der Waals surface area contributed by atoms with Gasteiger partial charge in [-0.25, -0.2) is 0 Å². The van der Waals surface area contributed by atoms with Gasteiger partial charge in [0.1, 0.15) is 5.75 Å². The van der Waals surface area contributed by atoms with Crippen molar-refractivity contribution in [3.8, 4) is 5.75 Å². The third-order valence-electron chi connectivity index (χ3n) is 4.23. The van der Waals surface area contributed by atoms with Crippen molar-refractivity contribution >= 4 is 17.5 Å². The quantitative estimate of drug-likeness (QED) is 0.591. The van der Waals surface area contributed by atoms with Crippen LogP contribution >= 0.6 is 0 Å². The number of carbonyl (C=O) groups is 2. The molecule has 3 aromatic rings. The molecule has 0 saturated heterocycles. The van der Waals surface area contributed by atoms with E-state index in [0.29, 0.717) is 24.2 Å². The van der Waals surface area contributed by atoms with Crippen molar-refractivity contribution in [2.75, 3.05) is 5.32 Å². The molecular formula is C22H21N3O3. The molecule has 0 saturated carbocycles. The molecule has 1 aromatic heterocycles. The van der Waals surface area contributed by atoms with Crippen molar-refractivity contribution in [3.05, 3.63) is 89.7 Å². The highest BCUT2D eigenvalue weighted by Crippen LogP contribution is 2.17. The topological polar surface area (TPSA) is 91.3 Å². The van der Waals surface area contributed by atoms with E-state index in [4.69, 9.17) is 0 Å². The van der Waals surface area contributed by atoms with Gasteiger partial charge < -0.3 is 15.7 Å². The van der Waals surface area contributed by atoms with Crippen LogP contribution in [-0.2, 0) is 17.8 Å². The Hall–Kier alpha value is -3.67. The standard InChI is InChI=1S/C22H21N3O3/c26-20-7-2-1-5-17(20)8-9-21(27)24-15-16-4-3-6-19(14-16)25-22(28)18-10-12-23-13-11-18/h1-7,10-14,26H,8-9,15H2,(H,24,27)(H,25,28). The molecule has 3 N–H and O–H groups in total. The number of aromatic nitrogens is 1. The first-order valence-corrected chi connectivity index (χ1v) is 8.96. The summed E-state index contributed by atoms with van der Waals surface area (Å²) in [6.07, 6.45) is 3.89. The van der Waals surface area contributed by atoms with Crippen LogP contribution in [0.2, 0.25) is 0 Å². The number of nitrogens with one attached hydrogen (secondary N) is 2. The smallest absolute Gasteiger partial charge is 0.255 e. The summed E-state index contributed by atoms with van der Waals surface area (Å²) in [7, 11) is 0. The molecule has 0 fully saturated rings. The van der Waals surface area contributed by atoms with E-state index in [0.717, 1.165) is 11.1 Å². The number of hydrogen-bond acceptors (Lipinski definition) is 4. The molecule has 6 nitrogen and oxygen atoms in total. The molecule has 28 heavy (non-hydrogen) atoms. The van der Waals surface area contributed by atoms with Crippen LogP contribution in [-0.4, -0.2) is 21.9 Å². The minimum Gasteiger partial charge on any atom is -0.508 e. The fourth-order valence-corrected chi connectivity index (χ4v) is 2.73. The molecule has 0 radical (unpaired) electrons. The van der Waals surface area contributed by atoms with Crippen molar-refractivity contribution in [2.45, 2.75) is 19.4 Å². The Morgan fingerprint density at radius 1 is 0.964 bits per heavy atom. The first-order valence-electron chi connectivity index (χ1n) is 8.96. The summed E-state index contributed by atoms with van der Waals surface area (Å²) in [4.78, 5) is 28.2. The average molecular weight is 375 g/mol. The van der Waals surface area contributed by atoms with E-state index in [-0.39, 0.29) is 24.0 Å². The van der Waals surface area contributed by atoms with E-state index in [1.807, 2.05) is 24.3 Å². The lowest BCUT2D eigenvalue weighted by Gasteiger charge is -2.09. The van der Waals surface area contributed by atoms with Crippen LogP contribution < -0.4 is 10.6 Å². The van der Waals surface area contributed by atoms with Crippen LogP contribution in [0.5, 0.6) is 5.75 Å². The van der Waals surface area contributed by atoms with Crippen molar-refractivity contribution in [1.82, 2.24) is 10.3 Å². The predicted molar refractivity (Wildman–Crippen MR) is 107 cm³/mol.